The number of hydrogen-bond acceptors (Lipinski definition) is 3. The van der Waals surface area contributed by atoms with Gasteiger partial charge in [-0.2, -0.15) is 0 Å². The Morgan fingerprint density at radius 3 is 2.42 bits per heavy atom. The average Bonchev–Trinajstić information content (AvgIpc) is 3.26. The number of rotatable bonds is 13. The monoisotopic (exact) mass is 551 g/mol. The lowest BCUT2D eigenvalue weighted by atomic mass is 10.1. The summed E-state index contributed by atoms with van der Waals surface area (Å²) in [5.74, 6) is 1.94. The number of nitrogens with one attached hydrogen (secondary N) is 1. The fourth-order valence-corrected chi connectivity index (χ4v) is 4.84. The Balaban J connectivity index is 1.22. The van der Waals surface area contributed by atoms with Crippen molar-refractivity contribution in [1.82, 2.24) is 14.9 Å². The molecule has 38 heavy (non-hydrogen) atoms. The second-order valence-electron chi connectivity index (χ2n) is 9.67. The molecule has 0 fully saturated rings. The molecule has 0 aliphatic heterocycles. The number of benzene rings is 3. The van der Waals surface area contributed by atoms with Crippen molar-refractivity contribution in [2.45, 2.75) is 58.9 Å². The third-order valence-electron chi connectivity index (χ3n) is 6.66. The lowest BCUT2D eigenvalue weighted by Crippen LogP contribution is -2.24. The van der Waals surface area contributed by atoms with E-state index in [9.17, 15) is 4.79 Å². The summed E-state index contributed by atoms with van der Waals surface area (Å²) < 4.78 is 8.35. The summed E-state index contributed by atoms with van der Waals surface area (Å²) in [6.45, 7) is 6.25. The number of halogens is 2. The average molecular weight is 553 g/mol. The van der Waals surface area contributed by atoms with Crippen LogP contribution in [0, 0.1) is 13.8 Å². The van der Waals surface area contributed by atoms with Crippen LogP contribution in [0.3, 0.4) is 0 Å². The zero-order chi connectivity index (χ0) is 26.9. The van der Waals surface area contributed by atoms with Crippen LogP contribution in [0.15, 0.2) is 60.7 Å². The molecule has 3 aromatic carbocycles. The summed E-state index contributed by atoms with van der Waals surface area (Å²) in [5, 5.41) is 4.42. The maximum absolute atomic E-state index is 12.2. The van der Waals surface area contributed by atoms with Crippen LogP contribution in [0.2, 0.25) is 10.0 Å². The van der Waals surface area contributed by atoms with Gasteiger partial charge in [-0.25, -0.2) is 4.98 Å². The molecule has 5 nitrogen and oxygen atoms in total. The van der Waals surface area contributed by atoms with E-state index in [-0.39, 0.29) is 5.91 Å². The van der Waals surface area contributed by atoms with Crippen molar-refractivity contribution < 1.29 is 9.53 Å². The van der Waals surface area contributed by atoms with Gasteiger partial charge in [0.15, 0.2) is 0 Å². The quantitative estimate of drug-likeness (QED) is 0.171. The van der Waals surface area contributed by atoms with E-state index in [0.717, 1.165) is 78.3 Å². The number of nitrogens with zero attached hydrogens (tertiary/aromatic N) is 2. The first-order valence-electron chi connectivity index (χ1n) is 13.3. The van der Waals surface area contributed by atoms with Crippen molar-refractivity contribution in [1.29, 1.82) is 0 Å². The molecule has 0 bridgehead atoms. The summed E-state index contributed by atoms with van der Waals surface area (Å²) >= 11 is 12.2. The molecule has 0 unspecified atom stereocenters. The summed E-state index contributed by atoms with van der Waals surface area (Å²) in [4.78, 5) is 17.2. The number of amides is 1. The van der Waals surface area contributed by atoms with Gasteiger partial charge in [0.25, 0.3) is 5.91 Å². The first-order chi connectivity index (χ1) is 18.4. The minimum Gasteiger partial charge on any atom is -0.494 e. The number of ether oxygens (including phenoxy) is 1. The standard InChI is InChI=1S/C31H35Cl2N3O2/c1-22-20-26(21-23(2)30(22)33)38-19-9-8-18-36-28-11-6-5-10-27(28)35-29(36)12-4-3-7-17-34-31(37)24-13-15-25(32)16-14-24/h5-6,10-11,13-16,20-21H,3-4,7-9,12,17-19H2,1-2H3,(H,34,37). The number of fused-ring (bicyclic) bond motifs is 1. The molecule has 200 valence electrons. The maximum Gasteiger partial charge on any atom is 0.251 e. The summed E-state index contributed by atoms with van der Waals surface area (Å²) in [6.07, 6.45) is 5.87. The molecule has 0 spiro atoms. The Labute approximate surface area is 235 Å². The Bertz CT molecular complexity index is 1340. The third-order valence-corrected chi connectivity index (χ3v) is 7.51. The van der Waals surface area contributed by atoms with Crippen LogP contribution in [0.1, 0.15) is 59.4 Å². The largest absolute Gasteiger partial charge is 0.494 e. The van der Waals surface area contributed by atoms with Gasteiger partial charge in [0.1, 0.15) is 11.6 Å². The molecule has 4 aromatic rings. The molecule has 7 heteroatoms. The molecule has 0 saturated heterocycles. The van der Waals surface area contributed by atoms with Crippen molar-refractivity contribution in [3.8, 4) is 5.75 Å². The fourth-order valence-electron chi connectivity index (χ4n) is 4.61. The molecule has 1 amide bonds. The van der Waals surface area contributed by atoms with Crippen LogP contribution in [0.4, 0.5) is 0 Å². The fraction of sp³-hybridized carbons (Fsp3) is 0.355. The van der Waals surface area contributed by atoms with Crippen LogP contribution in [-0.4, -0.2) is 28.6 Å². The van der Waals surface area contributed by atoms with Gasteiger partial charge in [0.2, 0.25) is 0 Å². The molecule has 1 heterocycles. The Morgan fingerprint density at radius 1 is 0.921 bits per heavy atom. The number of para-hydroxylation sites is 2. The number of aryl methyl sites for hydroxylation is 4. The lowest BCUT2D eigenvalue weighted by Gasteiger charge is -2.12. The molecule has 0 saturated carbocycles. The van der Waals surface area contributed by atoms with Crippen molar-refractivity contribution in [2.75, 3.05) is 13.2 Å². The van der Waals surface area contributed by atoms with Gasteiger partial charge in [0.05, 0.1) is 17.6 Å². The summed E-state index contributed by atoms with van der Waals surface area (Å²) in [7, 11) is 0. The predicted octanol–water partition coefficient (Wildman–Crippen LogP) is 7.96. The summed E-state index contributed by atoms with van der Waals surface area (Å²) in [6, 6.07) is 19.3. The minimum absolute atomic E-state index is 0.0613. The zero-order valence-electron chi connectivity index (χ0n) is 22.1. The van der Waals surface area contributed by atoms with Crippen molar-refractivity contribution >= 4 is 40.1 Å². The molecule has 1 aromatic heterocycles. The number of unbranched alkanes of at least 4 members (excludes halogenated alkanes) is 3. The highest BCUT2D eigenvalue weighted by molar-refractivity contribution is 6.32. The summed E-state index contributed by atoms with van der Waals surface area (Å²) in [5.41, 5.74) is 4.94. The Hall–Kier alpha value is -3.02. The van der Waals surface area contributed by atoms with Gasteiger partial charge in [-0.05, 0) is 99.2 Å². The first-order valence-corrected chi connectivity index (χ1v) is 14.1. The highest BCUT2D eigenvalue weighted by atomic mass is 35.5. The number of imidazole rings is 1. The van der Waals surface area contributed by atoms with E-state index in [0.29, 0.717) is 23.7 Å². The van der Waals surface area contributed by atoms with Gasteiger partial charge >= 0.3 is 0 Å². The SMILES string of the molecule is Cc1cc(OCCCCn2c(CCCCCNC(=O)c3ccc(Cl)cc3)nc3ccccc32)cc(C)c1Cl. The second-order valence-corrected chi connectivity index (χ2v) is 10.5. The van der Waals surface area contributed by atoms with E-state index < -0.39 is 0 Å². The maximum atomic E-state index is 12.2. The van der Waals surface area contributed by atoms with E-state index in [2.05, 4.69) is 28.1 Å². The van der Waals surface area contributed by atoms with Gasteiger partial charge < -0.3 is 14.6 Å². The molecular formula is C31H35Cl2N3O2. The smallest absolute Gasteiger partial charge is 0.251 e. The highest BCUT2D eigenvalue weighted by Gasteiger charge is 2.11. The minimum atomic E-state index is -0.0613. The number of carbonyl (C=O) groups is 1. The molecular weight excluding hydrogens is 517 g/mol. The van der Waals surface area contributed by atoms with Crippen molar-refractivity contribution in [3.63, 3.8) is 0 Å². The van der Waals surface area contributed by atoms with E-state index in [1.807, 2.05) is 32.0 Å². The Kier molecular flexibility index (Phi) is 10.1. The van der Waals surface area contributed by atoms with Crippen LogP contribution < -0.4 is 10.1 Å². The van der Waals surface area contributed by atoms with Crippen LogP contribution in [0.5, 0.6) is 5.75 Å². The van der Waals surface area contributed by atoms with Crippen molar-refractivity contribution in [3.05, 3.63) is 93.2 Å². The number of carbonyl (C=O) groups excluding carboxylic acids is 1. The van der Waals surface area contributed by atoms with E-state index in [1.54, 1.807) is 24.3 Å². The zero-order valence-corrected chi connectivity index (χ0v) is 23.6. The van der Waals surface area contributed by atoms with Crippen molar-refractivity contribution in [2.24, 2.45) is 0 Å². The predicted molar refractivity (Wildman–Crippen MR) is 157 cm³/mol. The molecule has 0 aliphatic carbocycles. The highest BCUT2D eigenvalue weighted by Crippen LogP contribution is 2.26. The molecule has 0 radical (unpaired) electrons. The number of hydrogen-bond donors (Lipinski definition) is 1. The Morgan fingerprint density at radius 2 is 1.66 bits per heavy atom. The molecule has 1 N–H and O–H groups in total. The number of aromatic nitrogens is 2. The van der Waals surface area contributed by atoms with E-state index >= 15 is 0 Å². The van der Waals surface area contributed by atoms with Gasteiger partial charge in [0, 0.05) is 35.1 Å². The van der Waals surface area contributed by atoms with E-state index in [4.69, 9.17) is 32.9 Å². The first kappa shape index (κ1) is 28.0. The van der Waals surface area contributed by atoms with Crippen LogP contribution in [0.25, 0.3) is 11.0 Å². The van der Waals surface area contributed by atoms with Gasteiger partial charge in [-0.1, -0.05) is 41.8 Å². The molecule has 4 rings (SSSR count). The normalized spacial score (nSPS) is 11.2. The molecule has 0 atom stereocenters. The van der Waals surface area contributed by atoms with Gasteiger partial charge in [-0.15, -0.1) is 0 Å². The topological polar surface area (TPSA) is 56.1 Å². The van der Waals surface area contributed by atoms with Gasteiger partial charge in [-0.3, -0.25) is 4.79 Å². The van der Waals surface area contributed by atoms with Crippen LogP contribution >= 0.6 is 23.2 Å². The second kappa shape index (κ2) is 13.7. The molecule has 0 aliphatic rings. The van der Waals surface area contributed by atoms with E-state index in [1.165, 1.54) is 5.52 Å². The van der Waals surface area contributed by atoms with Crippen LogP contribution in [-0.2, 0) is 13.0 Å². The lowest BCUT2D eigenvalue weighted by molar-refractivity contribution is 0.0953. The third kappa shape index (κ3) is 7.52.